The molecule has 0 heterocycles. The maximum absolute atomic E-state index is 3.73. The molecule has 1 heteroatoms. The molecular formula is C17H27N. The number of benzene rings is 1. The summed E-state index contributed by atoms with van der Waals surface area (Å²) in [5, 5.41) is 3.73. The molecule has 1 aliphatic carbocycles. The van der Waals surface area contributed by atoms with Crippen molar-refractivity contribution in [2.75, 3.05) is 6.54 Å². The summed E-state index contributed by atoms with van der Waals surface area (Å²) in [6.07, 6.45) is 7.96. The summed E-state index contributed by atoms with van der Waals surface area (Å²) in [4.78, 5) is 0. The first-order valence-corrected chi connectivity index (χ1v) is 7.68. The van der Waals surface area contributed by atoms with Crippen molar-refractivity contribution in [1.29, 1.82) is 0 Å². The fourth-order valence-corrected chi connectivity index (χ4v) is 3.34. The zero-order chi connectivity index (χ0) is 12.8. The third-order valence-electron chi connectivity index (χ3n) is 4.24. The zero-order valence-corrected chi connectivity index (χ0v) is 11.9. The van der Waals surface area contributed by atoms with Crippen molar-refractivity contribution in [3.05, 3.63) is 35.4 Å². The van der Waals surface area contributed by atoms with E-state index in [-0.39, 0.29) is 0 Å². The highest BCUT2D eigenvalue weighted by Gasteiger charge is 2.26. The smallest absolute Gasteiger partial charge is 0.0136 e. The highest BCUT2D eigenvalue weighted by atomic mass is 14.9. The first-order valence-electron chi connectivity index (χ1n) is 7.68. The van der Waals surface area contributed by atoms with Crippen LogP contribution in [0.1, 0.15) is 63.0 Å². The van der Waals surface area contributed by atoms with E-state index in [4.69, 9.17) is 0 Å². The van der Waals surface area contributed by atoms with Gasteiger partial charge < -0.3 is 5.32 Å². The lowest BCUT2D eigenvalue weighted by molar-refractivity contribution is 0.371. The molecule has 0 aromatic heterocycles. The van der Waals surface area contributed by atoms with E-state index >= 15 is 0 Å². The lowest BCUT2D eigenvalue weighted by Crippen LogP contribution is -2.36. The minimum absolute atomic E-state index is 0.677. The van der Waals surface area contributed by atoms with Crippen molar-refractivity contribution >= 4 is 0 Å². The van der Waals surface area contributed by atoms with Crippen LogP contribution in [0.15, 0.2) is 24.3 Å². The summed E-state index contributed by atoms with van der Waals surface area (Å²) in [5.74, 6) is 0.737. The predicted octanol–water partition coefficient (Wildman–Crippen LogP) is 4.27. The summed E-state index contributed by atoms with van der Waals surface area (Å²) in [7, 11) is 0. The van der Waals surface area contributed by atoms with E-state index in [0.717, 1.165) is 12.5 Å². The molecular weight excluding hydrogens is 218 g/mol. The van der Waals surface area contributed by atoms with E-state index in [1.165, 1.54) is 38.5 Å². The molecule has 0 aliphatic heterocycles. The van der Waals surface area contributed by atoms with Crippen LogP contribution in [-0.2, 0) is 6.42 Å². The Morgan fingerprint density at radius 3 is 2.89 bits per heavy atom. The Morgan fingerprint density at radius 2 is 2.11 bits per heavy atom. The van der Waals surface area contributed by atoms with Gasteiger partial charge in [-0.1, -0.05) is 51.0 Å². The molecule has 1 nitrogen and oxygen atoms in total. The van der Waals surface area contributed by atoms with E-state index in [0.29, 0.717) is 6.04 Å². The van der Waals surface area contributed by atoms with Crippen molar-refractivity contribution < 1.29 is 0 Å². The quantitative estimate of drug-likeness (QED) is 0.789. The molecule has 100 valence electrons. The second-order valence-electron chi connectivity index (χ2n) is 5.50. The average Bonchev–Trinajstić information content (AvgIpc) is 2.43. The van der Waals surface area contributed by atoms with E-state index < -0.39 is 0 Å². The molecule has 0 saturated carbocycles. The Kier molecular flexibility index (Phi) is 5.25. The summed E-state index contributed by atoms with van der Waals surface area (Å²) >= 11 is 0. The normalized spacial score (nSPS) is 20.4. The topological polar surface area (TPSA) is 12.0 Å². The molecule has 0 amide bonds. The van der Waals surface area contributed by atoms with Gasteiger partial charge in [-0.15, -0.1) is 0 Å². The minimum atomic E-state index is 0.677. The number of nitrogens with one attached hydrogen (secondary N) is 1. The van der Waals surface area contributed by atoms with Gasteiger partial charge in [-0.2, -0.15) is 0 Å². The Morgan fingerprint density at radius 1 is 1.28 bits per heavy atom. The highest BCUT2D eigenvalue weighted by molar-refractivity contribution is 5.33. The number of hydrogen-bond acceptors (Lipinski definition) is 1. The van der Waals surface area contributed by atoms with Crippen molar-refractivity contribution in [2.45, 2.75) is 64.3 Å². The van der Waals surface area contributed by atoms with Gasteiger partial charge in [0.1, 0.15) is 0 Å². The second kappa shape index (κ2) is 6.94. The van der Waals surface area contributed by atoms with Crippen molar-refractivity contribution in [3.63, 3.8) is 0 Å². The number of aryl methyl sites for hydroxylation is 1. The van der Waals surface area contributed by atoms with Gasteiger partial charge in [-0.3, -0.25) is 0 Å². The fourth-order valence-electron chi connectivity index (χ4n) is 3.34. The van der Waals surface area contributed by atoms with Gasteiger partial charge >= 0.3 is 0 Å². The van der Waals surface area contributed by atoms with Crippen LogP contribution >= 0.6 is 0 Å². The van der Waals surface area contributed by atoms with E-state index in [9.17, 15) is 0 Å². The summed E-state index contributed by atoms with van der Waals surface area (Å²) < 4.78 is 0. The van der Waals surface area contributed by atoms with Gasteiger partial charge in [0.2, 0.25) is 0 Å². The molecule has 1 N–H and O–H groups in total. The molecule has 0 bridgehead atoms. The van der Waals surface area contributed by atoms with Crippen LogP contribution in [0.3, 0.4) is 0 Å². The standard InChI is InChI=1S/C17H27N/c1-3-5-13-17(18-4-2)16-12-8-10-14-9-6-7-11-15(14)16/h6-7,9,11,16-18H,3-5,8,10,12-13H2,1-2H3. The van der Waals surface area contributed by atoms with Crippen LogP contribution in [0.2, 0.25) is 0 Å². The van der Waals surface area contributed by atoms with Gasteiger partial charge in [0.05, 0.1) is 0 Å². The summed E-state index contributed by atoms with van der Waals surface area (Å²) in [6, 6.07) is 9.76. The highest BCUT2D eigenvalue weighted by Crippen LogP contribution is 2.35. The molecule has 0 spiro atoms. The number of unbranched alkanes of at least 4 members (excludes halogenated alkanes) is 1. The maximum Gasteiger partial charge on any atom is 0.0136 e. The average molecular weight is 245 g/mol. The van der Waals surface area contributed by atoms with Gasteiger partial charge in [0.25, 0.3) is 0 Å². The third kappa shape index (κ3) is 3.14. The van der Waals surface area contributed by atoms with Crippen LogP contribution in [0.25, 0.3) is 0 Å². The molecule has 0 fully saturated rings. The van der Waals surface area contributed by atoms with Gasteiger partial charge in [-0.05, 0) is 49.3 Å². The Hall–Kier alpha value is -0.820. The Bertz CT molecular complexity index is 358. The molecule has 2 unspecified atom stereocenters. The minimum Gasteiger partial charge on any atom is -0.314 e. The van der Waals surface area contributed by atoms with E-state index in [2.05, 4.69) is 43.4 Å². The van der Waals surface area contributed by atoms with Crippen LogP contribution < -0.4 is 5.32 Å². The van der Waals surface area contributed by atoms with E-state index in [1.807, 2.05) is 0 Å². The van der Waals surface area contributed by atoms with Crippen molar-refractivity contribution in [2.24, 2.45) is 0 Å². The first-order chi connectivity index (χ1) is 8.86. The lowest BCUT2D eigenvalue weighted by Gasteiger charge is -2.33. The molecule has 1 aromatic rings. The monoisotopic (exact) mass is 245 g/mol. The van der Waals surface area contributed by atoms with Crippen LogP contribution in [-0.4, -0.2) is 12.6 Å². The predicted molar refractivity (Wildman–Crippen MR) is 79.1 cm³/mol. The fraction of sp³-hybridized carbons (Fsp3) is 0.647. The van der Waals surface area contributed by atoms with Crippen LogP contribution in [0, 0.1) is 0 Å². The third-order valence-corrected chi connectivity index (χ3v) is 4.24. The van der Waals surface area contributed by atoms with Crippen molar-refractivity contribution in [1.82, 2.24) is 5.32 Å². The zero-order valence-electron chi connectivity index (χ0n) is 11.9. The van der Waals surface area contributed by atoms with Gasteiger partial charge in [0.15, 0.2) is 0 Å². The molecule has 2 rings (SSSR count). The number of fused-ring (bicyclic) bond motifs is 1. The van der Waals surface area contributed by atoms with E-state index in [1.54, 1.807) is 11.1 Å². The summed E-state index contributed by atoms with van der Waals surface area (Å²) in [6.45, 7) is 5.61. The number of likely N-dealkylation sites (N-methyl/N-ethyl adjacent to an activating group) is 1. The number of hydrogen-bond donors (Lipinski definition) is 1. The SMILES string of the molecule is CCCCC(NCC)C1CCCc2ccccc21. The molecule has 1 aromatic carbocycles. The molecule has 2 atom stereocenters. The Balaban J connectivity index is 2.15. The molecule has 0 radical (unpaired) electrons. The number of rotatable bonds is 6. The molecule has 0 saturated heterocycles. The molecule has 1 aliphatic rings. The largest absolute Gasteiger partial charge is 0.314 e. The van der Waals surface area contributed by atoms with Crippen LogP contribution in [0.5, 0.6) is 0 Å². The molecule has 18 heavy (non-hydrogen) atoms. The first kappa shape index (κ1) is 13.6. The van der Waals surface area contributed by atoms with Gasteiger partial charge in [0, 0.05) is 6.04 Å². The second-order valence-corrected chi connectivity index (χ2v) is 5.50. The van der Waals surface area contributed by atoms with Crippen molar-refractivity contribution in [3.8, 4) is 0 Å². The van der Waals surface area contributed by atoms with Gasteiger partial charge in [-0.25, -0.2) is 0 Å². The summed E-state index contributed by atoms with van der Waals surface area (Å²) in [5.41, 5.74) is 3.21. The maximum atomic E-state index is 3.73. The lowest BCUT2D eigenvalue weighted by atomic mass is 9.77. The Labute approximate surface area is 112 Å². The van der Waals surface area contributed by atoms with Crippen LogP contribution in [0.4, 0.5) is 0 Å².